The van der Waals surface area contributed by atoms with Crippen molar-refractivity contribution < 1.29 is 0 Å². The maximum atomic E-state index is 9.31. The van der Waals surface area contributed by atoms with E-state index in [1.807, 2.05) is 19.9 Å². The van der Waals surface area contributed by atoms with Gasteiger partial charge in [0.05, 0.1) is 16.9 Å². The highest BCUT2D eigenvalue weighted by Crippen LogP contribution is 2.30. The Morgan fingerprint density at radius 3 is 2.79 bits per heavy atom. The molecule has 19 heavy (non-hydrogen) atoms. The molecule has 2 unspecified atom stereocenters. The molecule has 0 aromatic carbocycles. The Morgan fingerprint density at radius 2 is 2.11 bits per heavy atom. The van der Waals surface area contributed by atoms with Gasteiger partial charge in [0.2, 0.25) is 0 Å². The van der Waals surface area contributed by atoms with E-state index in [-0.39, 0.29) is 0 Å². The summed E-state index contributed by atoms with van der Waals surface area (Å²) < 4.78 is 0. The molecule has 1 aliphatic carbocycles. The SMILES string of the molecule is CCC1CCCCC1Nc1cc(C)nc(C)c1C#N. The number of nitriles is 1. The van der Waals surface area contributed by atoms with Crippen molar-refractivity contribution in [3.8, 4) is 6.07 Å². The fourth-order valence-electron chi connectivity index (χ4n) is 3.17. The number of anilines is 1. The lowest BCUT2D eigenvalue weighted by molar-refractivity contribution is 0.317. The van der Waals surface area contributed by atoms with Crippen LogP contribution in [-0.2, 0) is 0 Å². The number of nitrogens with zero attached hydrogens (tertiary/aromatic N) is 2. The third-order valence-corrected chi connectivity index (χ3v) is 4.21. The highest BCUT2D eigenvalue weighted by molar-refractivity contribution is 5.60. The number of hydrogen-bond donors (Lipinski definition) is 1. The fraction of sp³-hybridized carbons (Fsp3) is 0.625. The van der Waals surface area contributed by atoms with Gasteiger partial charge >= 0.3 is 0 Å². The highest BCUT2D eigenvalue weighted by Gasteiger charge is 2.24. The fourth-order valence-corrected chi connectivity index (χ4v) is 3.17. The molecular weight excluding hydrogens is 234 g/mol. The van der Waals surface area contributed by atoms with Crippen LogP contribution in [-0.4, -0.2) is 11.0 Å². The average molecular weight is 257 g/mol. The van der Waals surface area contributed by atoms with Crippen LogP contribution in [0.2, 0.25) is 0 Å². The van der Waals surface area contributed by atoms with Gasteiger partial charge in [-0.3, -0.25) is 4.98 Å². The molecule has 0 saturated heterocycles. The molecule has 1 fully saturated rings. The van der Waals surface area contributed by atoms with E-state index >= 15 is 0 Å². The summed E-state index contributed by atoms with van der Waals surface area (Å²) in [5.41, 5.74) is 3.47. The second kappa shape index (κ2) is 6.06. The van der Waals surface area contributed by atoms with E-state index in [4.69, 9.17) is 0 Å². The Morgan fingerprint density at radius 1 is 1.37 bits per heavy atom. The molecule has 1 aromatic heterocycles. The van der Waals surface area contributed by atoms with Gasteiger partial charge in [0.1, 0.15) is 6.07 Å². The van der Waals surface area contributed by atoms with Crippen LogP contribution in [0.15, 0.2) is 6.07 Å². The second-order valence-corrected chi connectivity index (χ2v) is 5.59. The van der Waals surface area contributed by atoms with Crippen molar-refractivity contribution in [2.24, 2.45) is 5.92 Å². The summed E-state index contributed by atoms with van der Waals surface area (Å²) in [6, 6.07) is 4.80. The first-order valence-electron chi connectivity index (χ1n) is 7.30. The van der Waals surface area contributed by atoms with Gasteiger partial charge in [-0.25, -0.2) is 0 Å². The molecular formula is C16H23N3. The average Bonchev–Trinajstić information content (AvgIpc) is 2.39. The predicted molar refractivity (Wildman–Crippen MR) is 78.1 cm³/mol. The number of hydrogen-bond acceptors (Lipinski definition) is 3. The van der Waals surface area contributed by atoms with Crippen LogP contribution in [0, 0.1) is 31.1 Å². The number of nitrogens with one attached hydrogen (secondary N) is 1. The molecule has 1 N–H and O–H groups in total. The molecule has 0 aliphatic heterocycles. The topological polar surface area (TPSA) is 48.7 Å². The lowest BCUT2D eigenvalue weighted by Gasteiger charge is -2.32. The molecule has 1 heterocycles. The van der Waals surface area contributed by atoms with Gasteiger partial charge in [-0.1, -0.05) is 26.2 Å². The number of aromatic nitrogens is 1. The Kier molecular flexibility index (Phi) is 4.42. The maximum absolute atomic E-state index is 9.31. The summed E-state index contributed by atoms with van der Waals surface area (Å²) in [5, 5.41) is 12.9. The van der Waals surface area contributed by atoms with Gasteiger partial charge in [-0.2, -0.15) is 5.26 Å². The summed E-state index contributed by atoms with van der Waals surface area (Å²) in [4.78, 5) is 4.37. The van der Waals surface area contributed by atoms with Crippen molar-refractivity contribution in [3.05, 3.63) is 23.0 Å². The second-order valence-electron chi connectivity index (χ2n) is 5.59. The van der Waals surface area contributed by atoms with Crippen LogP contribution in [0.25, 0.3) is 0 Å². The molecule has 3 heteroatoms. The van der Waals surface area contributed by atoms with Gasteiger partial charge in [0.25, 0.3) is 0 Å². The van der Waals surface area contributed by atoms with E-state index in [0.717, 1.165) is 23.0 Å². The zero-order chi connectivity index (χ0) is 13.8. The lowest BCUT2D eigenvalue weighted by Crippen LogP contribution is -2.32. The van der Waals surface area contributed by atoms with Gasteiger partial charge in [-0.05, 0) is 38.7 Å². The number of pyridine rings is 1. The van der Waals surface area contributed by atoms with Gasteiger partial charge in [-0.15, -0.1) is 0 Å². The third-order valence-electron chi connectivity index (χ3n) is 4.21. The van der Waals surface area contributed by atoms with Crippen molar-refractivity contribution in [2.45, 2.75) is 58.9 Å². The summed E-state index contributed by atoms with van der Waals surface area (Å²) in [6.07, 6.45) is 6.36. The van der Waals surface area contributed by atoms with Crippen LogP contribution in [0.5, 0.6) is 0 Å². The zero-order valence-corrected chi connectivity index (χ0v) is 12.2. The van der Waals surface area contributed by atoms with E-state index in [2.05, 4.69) is 23.3 Å². The standard InChI is InChI=1S/C16H23N3/c1-4-13-7-5-6-8-15(13)19-16-9-11(2)18-12(3)14(16)10-17/h9,13,15H,4-8H2,1-3H3,(H,18,19). The molecule has 0 radical (unpaired) electrons. The lowest BCUT2D eigenvalue weighted by atomic mass is 9.82. The molecule has 3 nitrogen and oxygen atoms in total. The van der Waals surface area contributed by atoms with Crippen molar-refractivity contribution in [1.29, 1.82) is 5.26 Å². The van der Waals surface area contributed by atoms with Gasteiger partial charge in [0, 0.05) is 11.7 Å². The molecule has 2 rings (SSSR count). The molecule has 0 bridgehead atoms. The Hall–Kier alpha value is -1.56. The third kappa shape index (κ3) is 3.07. The van der Waals surface area contributed by atoms with Crippen LogP contribution in [0.1, 0.15) is 56.0 Å². The van der Waals surface area contributed by atoms with Crippen LogP contribution in [0.3, 0.4) is 0 Å². The monoisotopic (exact) mass is 257 g/mol. The first-order chi connectivity index (χ1) is 9.15. The predicted octanol–water partition coefficient (Wildman–Crippen LogP) is 3.95. The Bertz CT molecular complexity index is 488. The quantitative estimate of drug-likeness (QED) is 0.892. The van der Waals surface area contributed by atoms with Crippen LogP contribution < -0.4 is 5.32 Å². The molecule has 0 spiro atoms. The van der Waals surface area contributed by atoms with E-state index < -0.39 is 0 Å². The first kappa shape index (κ1) is 13.9. The highest BCUT2D eigenvalue weighted by atomic mass is 14.9. The molecule has 1 aromatic rings. The van der Waals surface area contributed by atoms with E-state index in [1.54, 1.807) is 0 Å². The van der Waals surface area contributed by atoms with Crippen LogP contribution >= 0.6 is 0 Å². The minimum Gasteiger partial charge on any atom is -0.381 e. The van der Waals surface area contributed by atoms with Crippen molar-refractivity contribution in [2.75, 3.05) is 5.32 Å². The first-order valence-corrected chi connectivity index (χ1v) is 7.30. The van der Waals surface area contributed by atoms with E-state index in [0.29, 0.717) is 11.6 Å². The van der Waals surface area contributed by atoms with E-state index in [1.165, 1.54) is 32.1 Å². The van der Waals surface area contributed by atoms with Gasteiger partial charge < -0.3 is 5.32 Å². The smallest absolute Gasteiger partial charge is 0.103 e. The van der Waals surface area contributed by atoms with Crippen molar-refractivity contribution in [3.63, 3.8) is 0 Å². The zero-order valence-electron chi connectivity index (χ0n) is 12.2. The molecule has 1 aliphatic rings. The minimum atomic E-state index is 0.507. The molecule has 1 saturated carbocycles. The summed E-state index contributed by atoms with van der Waals surface area (Å²) >= 11 is 0. The molecule has 102 valence electrons. The summed E-state index contributed by atoms with van der Waals surface area (Å²) in [6.45, 7) is 6.16. The number of rotatable bonds is 3. The van der Waals surface area contributed by atoms with Crippen LogP contribution in [0.4, 0.5) is 5.69 Å². The molecule has 2 atom stereocenters. The normalized spacial score (nSPS) is 22.8. The Balaban J connectivity index is 2.25. The van der Waals surface area contributed by atoms with Gasteiger partial charge in [0.15, 0.2) is 0 Å². The maximum Gasteiger partial charge on any atom is 0.103 e. The minimum absolute atomic E-state index is 0.507. The van der Waals surface area contributed by atoms with Crippen molar-refractivity contribution in [1.82, 2.24) is 4.98 Å². The summed E-state index contributed by atoms with van der Waals surface area (Å²) in [5.74, 6) is 0.731. The van der Waals surface area contributed by atoms with Crippen molar-refractivity contribution >= 4 is 5.69 Å². The Labute approximate surface area is 116 Å². The molecule has 0 amide bonds. The largest absolute Gasteiger partial charge is 0.381 e. The van der Waals surface area contributed by atoms with E-state index in [9.17, 15) is 5.26 Å². The number of aryl methyl sites for hydroxylation is 2. The summed E-state index contributed by atoms with van der Waals surface area (Å²) in [7, 11) is 0.